The van der Waals surface area contributed by atoms with Gasteiger partial charge in [-0.2, -0.15) is 0 Å². The molecule has 136 valence electrons. The standard InChI is InChI=1S/C22H18N6/c23-15-3-9-11(5-17(15)25)22-12-6-18(26)16(24)4-10(12)21(9)13-7-19-20(8-14(13)22)28-2-1-27-19/h1-8,21-22H,23-26H2. The molecule has 7 rings (SSSR count). The number of nitrogen functional groups attached to an aromatic ring is 4. The lowest BCUT2D eigenvalue weighted by molar-refractivity contribution is 0.757. The first-order valence-corrected chi connectivity index (χ1v) is 9.15. The van der Waals surface area contributed by atoms with Crippen LogP contribution < -0.4 is 22.9 Å². The molecule has 0 unspecified atom stereocenters. The number of fused-ring (bicyclic) bond motifs is 1. The highest BCUT2D eigenvalue weighted by molar-refractivity contribution is 5.84. The van der Waals surface area contributed by atoms with Gasteiger partial charge in [-0.15, -0.1) is 0 Å². The van der Waals surface area contributed by atoms with E-state index in [-0.39, 0.29) is 11.8 Å². The molecular formula is C22H18N6. The molecule has 0 spiro atoms. The number of rotatable bonds is 0. The number of hydrogen-bond acceptors (Lipinski definition) is 6. The van der Waals surface area contributed by atoms with Gasteiger partial charge in [0.25, 0.3) is 0 Å². The van der Waals surface area contributed by atoms with E-state index in [1.165, 1.54) is 33.4 Å². The van der Waals surface area contributed by atoms with Gasteiger partial charge in [0.15, 0.2) is 0 Å². The van der Waals surface area contributed by atoms with Gasteiger partial charge in [-0.3, -0.25) is 9.97 Å². The Labute approximate surface area is 161 Å². The number of anilines is 4. The second kappa shape index (κ2) is 4.92. The second-order valence-electron chi connectivity index (χ2n) is 7.61. The molecule has 0 fully saturated rings. The third-order valence-electron chi connectivity index (χ3n) is 6.12. The maximum Gasteiger partial charge on any atom is 0.0890 e. The number of nitrogens with zero attached hydrogens (tertiary/aromatic N) is 2. The largest absolute Gasteiger partial charge is 0.397 e. The second-order valence-corrected chi connectivity index (χ2v) is 7.61. The molecule has 8 N–H and O–H groups in total. The average molecular weight is 366 g/mol. The van der Waals surface area contributed by atoms with E-state index in [0.717, 1.165) is 11.0 Å². The Balaban J connectivity index is 1.75. The summed E-state index contributed by atoms with van der Waals surface area (Å²) in [6, 6.07) is 12.3. The third kappa shape index (κ3) is 1.76. The van der Waals surface area contributed by atoms with Crippen molar-refractivity contribution in [3.05, 3.63) is 82.2 Å². The summed E-state index contributed by atoms with van der Waals surface area (Å²) in [5.74, 6) is 0.0319. The van der Waals surface area contributed by atoms with Crippen molar-refractivity contribution in [2.45, 2.75) is 11.8 Å². The fraction of sp³-hybridized carbons (Fsp3) is 0.0909. The molecule has 0 radical (unpaired) electrons. The zero-order chi connectivity index (χ0) is 19.2. The van der Waals surface area contributed by atoms with E-state index in [4.69, 9.17) is 22.9 Å². The van der Waals surface area contributed by atoms with Gasteiger partial charge in [0, 0.05) is 24.2 Å². The predicted octanol–water partition coefficient (Wildman–Crippen LogP) is 2.95. The molecule has 1 aromatic heterocycles. The molecule has 6 heteroatoms. The Kier molecular flexibility index (Phi) is 2.69. The van der Waals surface area contributed by atoms with Crippen molar-refractivity contribution >= 4 is 33.8 Å². The lowest BCUT2D eigenvalue weighted by Crippen LogP contribution is -2.28. The van der Waals surface area contributed by atoms with Crippen LogP contribution in [0.2, 0.25) is 0 Å². The first-order chi connectivity index (χ1) is 13.5. The highest BCUT2D eigenvalue weighted by Gasteiger charge is 2.42. The molecule has 1 heterocycles. The predicted molar refractivity (Wildman–Crippen MR) is 112 cm³/mol. The van der Waals surface area contributed by atoms with Crippen LogP contribution in [0.3, 0.4) is 0 Å². The quantitative estimate of drug-likeness (QED) is 0.306. The number of nitrogens with two attached hydrogens (primary N) is 4. The van der Waals surface area contributed by atoms with Crippen LogP contribution in [0.1, 0.15) is 45.2 Å². The lowest BCUT2D eigenvalue weighted by Gasteiger charge is -2.42. The van der Waals surface area contributed by atoms with Crippen LogP contribution >= 0.6 is 0 Å². The normalized spacial score (nSPS) is 18.6. The minimum absolute atomic E-state index is 0.0159. The van der Waals surface area contributed by atoms with Gasteiger partial charge in [-0.25, -0.2) is 0 Å². The topological polar surface area (TPSA) is 130 Å². The van der Waals surface area contributed by atoms with Gasteiger partial charge >= 0.3 is 0 Å². The van der Waals surface area contributed by atoms with Gasteiger partial charge in [0.2, 0.25) is 0 Å². The van der Waals surface area contributed by atoms with Crippen molar-refractivity contribution in [3.8, 4) is 0 Å². The molecule has 2 bridgehead atoms. The smallest absolute Gasteiger partial charge is 0.0890 e. The van der Waals surface area contributed by atoms with Crippen molar-refractivity contribution in [1.82, 2.24) is 9.97 Å². The molecule has 0 saturated carbocycles. The van der Waals surface area contributed by atoms with Crippen LogP contribution in [-0.4, -0.2) is 9.97 Å². The maximum atomic E-state index is 6.17. The first kappa shape index (κ1) is 15.3. The van der Waals surface area contributed by atoms with Crippen LogP contribution in [0.25, 0.3) is 11.0 Å². The van der Waals surface area contributed by atoms with Gasteiger partial charge < -0.3 is 22.9 Å². The van der Waals surface area contributed by atoms with E-state index in [0.29, 0.717) is 22.7 Å². The molecule has 3 aliphatic carbocycles. The molecule has 3 aliphatic rings. The summed E-state index contributed by atoms with van der Waals surface area (Å²) in [6.45, 7) is 0. The molecule has 4 aromatic rings. The highest BCUT2D eigenvalue weighted by atomic mass is 14.8. The van der Waals surface area contributed by atoms with Crippen LogP contribution in [0.5, 0.6) is 0 Å². The summed E-state index contributed by atoms with van der Waals surface area (Å²) in [5.41, 5.74) is 35.9. The van der Waals surface area contributed by atoms with Crippen molar-refractivity contribution in [2.24, 2.45) is 0 Å². The molecule has 3 aromatic carbocycles. The molecule has 6 nitrogen and oxygen atoms in total. The fourth-order valence-corrected chi connectivity index (χ4v) is 4.89. The summed E-state index contributed by atoms with van der Waals surface area (Å²) in [5, 5.41) is 0. The van der Waals surface area contributed by atoms with Crippen molar-refractivity contribution in [1.29, 1.82) is 0 Å². The molecule has 0 atom stereocenters. The average Bonchev–Trinajstić information content (AvgIpc) is 2.68. The van der Waals surface area contributed by atoms with Gasteiger partial charge in [0.05, 0.1) is 33.8 Å². The van der Waals surface area contributed by atoms with E-state index in [2.05, 4.69) is 22.1 Å². The van der Waals surface area contributed by atoms with Crippen molar-refractivity contribution < 1.29 is 0 Å². The zero-order valence-corrected chi connectivity index (χ0v) is 15.0. The summed E-state index contributed by atoms with van der Waals surface area (Å²) in [7, 11) is 0. The monoisotopic (exact) mass is 366 g/mol. The van der Waals surface area contributed by atoms with E-state index in [9.17, 15) is 0 Å². The fourth-order valence-electron chi connectivity index (χ4n) is 4.89. The molecule has 0 aliphatic heterocycles. The summed E-state index contributed by atoms with van der Waals surface area (Å²) >= 11 is 0. The molecule has 0 amide bonds. The SMILES string of the molecule is Nc1cc2c(cc1N)C1c3cc(N)c(N)cc3C2c2cc3nccnc3cc21. The number of benzene rings is 3. The Morgan fingerprint density at radius 3 is 1.07 bits per heavy atom. The third-order valence-corrected chi connectivity index (χ3v) is 6.12. The zero-order valence-electron chi connectivity index (χ0n) is 15.0. The minimum atomic E-state index is 0.0159. The number of hydrogen-bond donors (Lipinski definition) is 4. The van der Waals surface area contributed by atoms with E-state index >= 15 is 0 Å². The van der Waals surface area contributed by atoms with E-state index in [1.54, 1.807) is 12.4 Å². The van der Waals surface area contributed by atoms with Gasteiger partial charge in [-0.1, -0.05) is 0 Å². The summed E-state index contributed by atoms with van der Waals surface area (Å²) < 4.78 is 0. The number of aromatic nitrogens is 2. The molecular weight excluding hydrogens is 348 g/mol. The Morgan fingerprint density at radius 2 is 0.750 bits per heavy atom. The summed E-state index contributed by atoms with van der Waals surface area (Å²) in [4.78, 5) is 8.99. The highest BCUT2D eigenvalue weighted by Crippen LogP contribution is 2.57. The van der Waals surface area contributed by atoms with Crippen LogP contribution in [0, 0.1) is 0 Å². The van der Waals surface area contributed by atoms with E-state index < -0.39 is 0 Å². The Hall–Kier alpha value is -3.80. The van der Waals surface area contributed by atoms with Crippen molar-refractivity contribution in [3.63, 3.8) is 0 Å². The molecule has 0 saturated heterocycles. The lowest BCUT2D eigenvalue weighted by atomic mass is 9.60. The Morgan fingerprint density at radius 1 is 0.464 bits per heavy atom. The van der Waals surface area contributed by atoms with Crippen molar-refractivity contribution in [2.75, 3.05) is 22.9 Å². The van der Waals surface area contributed by atoms with Gasteiger partial charge in [-0.05, 0) is 69.8 Å². The van der Waals surface area contributed by atoms with E-state index in [1.807, 2.05) is 24.3 Å². The van der Waals surface area contributed by atoms with Crippen LogP contribution in [-0.2, 0) is 0 Å². The minimum Gasteiger partial charge on any atom is -0.397 e. The molecule has 28 heavy (non-hydrogen) atoms. The summed E-state index contributed by atoms with van der Waals surface area (Å²) in [6.07, 6.45) is 3.43. The maximum absolute atomic E-state index is 6.17. The van der Waals surface area contributed by atoms with Crippen LogP contribution in [0.15, 0.2) is 48.8 Å². The first-order valence-electron chi connectivity index (χ1n) is 9.15. The Bertz CT molecular complexity index is 1170. The van der Waals surface area contributed by atoms with Crippen LogP contribution in [0.4, 0.5) is 22.7 Å². The van der Waals surface area contributed by atoms with Gasteiger partial charge in [0.1, 0.15) is 0 Å².